The fourth-order valence-electron chi connectivity index (χ4n) is 3.28. The first kappa shape index (κ1) is 18.5. The lowest BCUT2D eigenvalue weighted by Gasteiger charge is -2.32. The van der Waals surface area contributed by atoms with Crippen molar-refractivity contribution in [2.45, 2.75) is 11.3 Å². The molecule has 28 heavy (non-hydrogen) atoms. The highest BCUT2D eigenvalue weighted by Crippen LogP contribution is 2.40. The van der Waals surface area contributed by atoms with Gasteiger partial charge >= 0.3 is 0 Å². The van der Waals surface area contributed by atoms with Crippen molar-refractivity contribution in [3.63, 3.8) is 0 Å². The van der Waals surface area contributed by atoms with Crippen molar-refractivity contribution < 1.29 is 9.13 Å². The minimum atomic E-state index is -0.941. The maximum atomic E-state index is 13.1. The van der Waals surface area contributed by atoms with Crippen LogP contribution in [0.1, 0.15) is 17.5 Å². The molecule has 0 saturated carbocycles. The summed E-state index contributed by atoms with van der Waals surface area (Å²) < 4.78 is 19.1. The summed E-state index contributed by atoms with van der Waals surface area (Å²) in [6.45, 7) is 1.58. The summed E-state index contributed by atoms with van der Waals surface area (Å²) >= 11 is 7.27. The first-order valence-corrected chi connectivity index (χ1v) is 9.61. The zero-order valence-electron chi connectivity index (χ0n) is 15.2. The number of aliphatic imine (C=N–C) groups is 1. The lowest BCUT2D eigenvalue weighted by atomic mass is 9.88. The van der Waals surface area contributed by atoms with E-state index in [1.165, 1.54) is 12.1 Å². The number of nitrogens with zero attached hydrogens (tertiary/aromatic N) is 1. The number of halogens is 2. The predicted molar refractivity (Wildman–Crippen MR) is 111 cm³/mol. The van der Waals surface area contributed by atoms with Gasteiger partial charge in [-0.3, -0.25) is 4.99 Å². The Hall–Kier alpha value is -2.85. The SMILES string of the molecule is Fc1ccc(Oc2cccc(C(Cl)(C3=NCCCN3)c3ccccc3)c2)cc1. The van der Waals surface area contributed by atoms with Gasteiger partial charge in [0.1, 0.15) is 23.2 Å². The molecular weight excluding hydrogens is 375 g/mol. The largest absolute Gasteiger partial charge is 0.457 e. The lowest BCUT2D eigenvalue weighted by molar-refractivity contribution is 0.479. The number of hydrogen-bond acceptors (Lipinski definition) is 3. The van der Waals surface area contributed by atoms with E-state index in [9.17, 15) is 4.39 Å². The molecule has 0 aromatic heterocycles. The van der Waals surface area contributed by atoms with Gasteiger partial charge in [0.2, 0.25) is 0 Å². The molecule has 1 unspecified atom stereocenters. The molecule has 1 aliphatic heterocycles. The van der Waals surface area contributed by atoms with Crippen molar-refractivity contribution >= 4 is 17.4 Å². The quantitative estimate of drug-likeness (QED) is 0.580. The Morgan fingerprint density at radius 3 is 2.36 bits per heavy atom. The van der Waals surface area contributed by atoms with E-state index in [0.29, 0.717) is 11.5 Å². The van der Waals surface area contributed by atoms with Gasteiger partial charge in [0.15, 0.2) is 4.87 Å². The molecule has 0 bridgehead atoms. The van der Waals surface area contributed by atoms with E-state index in [2.05, 4.69) is 10.3 Å². The van der Waals surface area contributed by atoms with Crippen LogP contribution in [0.15, 0.2) is 83.9 Å². The molecule has 0 fully saturated rings. The molecule has 4 rings (SSSR count). The molecule has 1 N–H and O–H groups in total. The number of nitrogens with one attached hydrogen (secondary N) is 1. The van der Waals surface area contributed by atoms with Crippen LogP contribution in [0.25, 0.3) is 0 Å². The van der Waals surface area contributed by atoms with Gasteiger partial charge in [0.05, 0.1) is 0 Å². The number of alkyl halides is 1. The Bertz CT molecular complexity index is 975. The van der Waals surface area contributed by atoms with Crippen LogP contribution in [0.5, 0.6) is 11.5 Å². The first-order valence-electron chi connectivity index (χ1n) is 9.23. The second-order valence-electron chi connectivity index (χ2n) is 6.62. The predicted octanol–water partition coefficient (Wildman–Crippen LogP) is 5.49. The number of hydrogen-bond donors (Lipinski definition) is 1. The summed E-state index contributed by atoms with van der Waals surface area (Å²) in [6, 6.07) is 23.5. The zero-order valence-corrected chi connectivity index (χ0v) is 16.0. The van der Waals surface area contributed by atoms with Crippen LogP contribution in [0.2, 0.25) is 0 Å². The molecule has 142 valence electrons. The van der Waals surface area contributed by atoms with Gasteiger partial charge in [-0.25, -0.2) is 4.39 Å². The molecule has 1 atom stereocenters. The van der Waals surface area contributed by atoms with Crippen LogP contribution >= 0.6 is 11.6 Å². The van der Waals surface area contributed by atoms with Gasteiger partial charge in [0.25, 0.3) is 0 Å². The van der Waals surface area contributed by atoms with E-state index in [0.717, 1.165) is 36.5 Å². The fraction of sp³-hybridized carbons (Fsp3) is 0.174. The van der Waals surface area contributed by atoms with Crippen LogP contribution in [0, 0.1) is 5.82 Å². The standard InChI is InChI=1S/C23H20ClFN2O/c24-23(17-6-2-1-3-7-17,22-26-14-5-15-27-22)18-8-4-9-21(16-18)28-20-12-10-19(25)11-13-20/h1-4,6-13,16H,5,14-15H2,(H,26,27). The summed E-state index contributed by atoms with van der Waals surface area (Å²) in [4.78, 5) is 3.73. The molecule has 3 nitrogen and oxygen atoms in total. The van der Waals surface area contributed by atoms with E-state index in [1.54, 1.807) is 12.1 Å². The molecule has 0 saturated heterocycles. The monoisotopic (exact) mass is 394 g/mol. The van der Waals surface area contributed by atoms with Crippen molar-refractivity contribution in [1.29, 1.82) is 0 Å². The molecule has 5 heteroatoms. The maximum absolute atomic E-state index is 13.1. The number of ether oxygens (including phenoxy) is 1. The average molecular weight is 395 g/mol. The van der Waals surface area contributed by atoms with Crippen LogP contribution < -0.4 is 10.1 Å². The third-order valence-electron chi connectivity index (χ3n) is 4.68. The minimum Gasteiger partial charge on any atom is -0.457 e. The summed E-state index contributed by atoms with van der Waals surface area (Å²) in [6.07, 6.45) is 0.985. The van der Waals surface area contributed by atoms with E-state index >= 15 is 0 Å². The highest BCUT2D eigenvalue weighted by Gasteiger charge is 2.38. The normalized spacial score (nSPS) is 15.9. The Morgan fingerprint density at radius 1 is 0.893 bits per heavy atom. The summed E-state index contributed by atoms with van der Waals surface area (Å²) in [5.74, 6) is 1.63. The van der Waals surface area contributed by atoms with Gasteiger partial charge in [-0.15, -0.1) is 11.6 Å². The molecule has 3 aromatic rings. The molecule has 0 amide bonds. The average Bonchev–Trinajstić information content (AvgIpc) is 2.76. The van der Waals surface area contributed by atoms with Crippen LogP contribution in [-0.4, -0.2) is 18.9 Å². The van der Waals surface area contributed by atoms with E-state index in [-0.39, 0.29) is 5.82 Å². The molecular formula is C23H20ClFN2O. The molecule has 1 aliphatic rings. The van der Waals surface area contributed by atoms with Crippen molar-refractivity contribution in [1.82, 2.24) is 5.32 Å². The zero-order chi connectivity index (χ0) is 19.4. The van der Waals surface area contributed by atoms with Gasteiger partial charge in [0, 0.05) is 13.1 Å². The van der Waals surface area contributed by atoms with Crippen molar-refractivity contribution in [3.8, 4) is 11.5 Å². The van der Waals surface area contributed by atoms with Gasteiger partial charge in [-0.05, 0) is 53.9 Å². The van der Waals surface area contributed by atoms with Crippen LogP contribution in [0.3, 0.4) is 0 Å². The Balaban J connectivity index is 1.74. The first-order chi connectivity index (χ1) is 13.7. The van der Waals surface area contributed by atoms with Gasteiger partial charge in [-0.1, -0.05) is 42.5 Å². The molecule has 3 aromatic carbocycles. The van der Waals surface area contributed by atoms with Crippen LogP contribution in [-0.2, 0) is 4.87 Å². The topological polar surface area (TPSA) is 33.6 Å². The van der Waals surface area contributed by atoms with Crippen molar-refractivity contribution in [2.75, 3.05) is 13.1 Å². The third-order valence-corrected chi connectivity index (χ3v) is 5.29. The molecule has 0 radical (unpaired) electrons. The lowest BCUT2D eigenvalue weighted by Crippen LogP contribution is -2.44. The maximum Gasteiger partial charge on any atom is 0.151 e. The summed E-state index contributed by atoms with van der Waals surface area (Å²) in [7, 11) is 0. The number of benzene rings is 3. The van der Waals surface area contributed by atoms with Crippen molar-refractivity contribution in [2.24, 2.45) is 4.99 Å². The smallest absolute Gasteiger partial charge is 0.151 e. The number of rotatable bonds is 5. The van der Waals surface area contributed by atoms with Gasteiger partial charge < -0.3 is 10.1 Å². The van der Waals surface area contributed by atoms with E-state index in [4.69, 9.17) is 16.3 Å². The second kappa shape index (κ2) is 8.03. The van der Waals surface area contributed by atoms with Crippen LogP contribution in [0.4, 0.5) is 4.39 Å². The van der Waals surface area contributed by atoms with Gasteiger partial charge in [-0.2, -0.15) is 0 Å². The Labute approximate surface area is 168 Å². The molecule has 1 heterocycles. The summed E-state index contributed by atoms with van der Waals surface area (Å²) in [5, 5.41) is 3.37. The third kappa shape index (κ3) is 3.73. The molecule has 0 aliphatic carbocycles. The highest BCUT2D eigenvalue weighted by atomic mass is 35.5. The van der Waals surface area contributed by atoms with E-state index in [1.807, 2.05) is 54.6 Å². The Morgan fingerprint density at radius 2 is 1.64 bits per heavy atom. The second-order valence-corrected chi connectivity index (χ2v) is 7.19. The van der Waals surface area contributed by atoms with Crippen molar-refractivity contribution in [3.05, 3.63) is 95.8 Å². The minimum absolute atomic E-state index is 0.300. The number of amidine groups is 1. The van der Waals surface area contributed by atoms with E-state index < -0.39 is 4.87 Å². The molecule has 0 spiro atoms. The Kier molecular flexibility index (Phi) is 5.31. The summed E-state index contributed by atoms with van der Waals surface area (Å²) in [5.41, 5.74) is 1.79. The highest BCUT2D eigenvalue weighted by molar-refractivity contribution is 6.38. The fourth-order valence-corrected chi connectivity index (χ4v) is 3.65.